The predicted molar refractivity (Wildman–Crippen MR) is 78.9 cm³/mol. The fraction of sp³-hybridized carbons (Fsp3) is 0.312. The van der Waals surface area contributed by atoms with Crippen molar-refractivity contribution in [2.24, 2.45) is 7.05 Å². The van der Waals surface area contributed by atoms with Gasteiger partial charge in [0.05, 0.1) is 6.54 Å². The molecule has 0 N–H and O–H groups in total. The first kappa shape index (κ1) is 13.4. The first-order valence-corrected chi connectivity index (χ1v) is 6.43. The number of nitrogens with zero attached hydrogens (tertiary/aromatic N) is 2. The molecule has 2 aromatic rings. The Morgan fingerprint density at radius 3 is 2.37 bits per heavy atom. The lowest BCUT2D eigenvalue weighted by Gasteiger charge is -2.18. The highest BCUT2D eigenvalue weighted by Gasteiger charge is 2.15. The molecule has 0 aliphatic carbocycles. The Morgan fingerprint density at radius 1 is 1.21 bits per heavy atom. The van der Waals surface area contributed by atoms with Crippen LogP contribution in [0.15, 0.2) is 36.4 Å². The third kappa shape index (κ3) is 2.70. The molecule has 3 heteroatoms. The van der Waals surface area contributed by atoms with Crippen LogP contribution < -0.4 is 4.90 Å². The lowest BCUT2D eigenvalue weighted by molar-refractivity contribution is 0.0999. The van der Waals surface area contributed by atoms with Crippen LogP contribution in [-0.4, -0.2) is 23.9 Å². The van der Waals surface area contributed by atoms with Gasteiger partial charge >= 0.3 is 0 Å². The monoisotopic (exact) mass is 256 g/mol. The first-order valence-electron chi connectivity index (χ1n) is 6.43. The van der Waals surface area contributed by atoms with Crippen LogP contribution in [-0.2, 0) is 7.05 Å². The molecule has 0 saturated carbocycles. The Labute approximate surface area is 114 Å². The highest BCUT2D eigenvalue weighted by molar-refractivity contribution is 6.00. The van der Waals surface area contributed by atoms with Gasteiger partial charge in [0.15, 0.2) is 5.78 Å². The lowest BCUT2D eigenvalue weighted by atomic mass is 10.1. The molecular weight excluding hydrogens is 236 g/mol. The van der Waals surface area contributed by atoms with Gasteiger partial charge in [0, 0.05) is 36.7 Å². The molecule has 0 radical (unpaired) electrons. The molecule has 0 atom stereocenters. The van der Waals surface area contributed by atoms with E-state index in [1.807, 2.05) is 69.2 Å². The van der Waals surface area contributed by atoms with Crippen molar-refractivity contribution in [1.29, 1.82) is 0 Å². The number of likely N-dealkylation sites (N-methyl/N-ethyl adjacent to an activating group) is 1. The average Bonchev–Trinajstić information content (AvgIpc) is 2.67. The predicted octanol–water partition coefficient (Wildman–Crippen LogP) is 2.96. The zero-order chi connectivity index (χ0) is 14.0. The molecule has 0 bridgehead atoms. The Bertz CT molecular complexity index is 584. The second-order valence-electron chi connectivity index (χ2n) is 4.96. The highest BCUT2D eigenvalue weighted by atomic mass is 16.1. The number of aryl methyl sites for hydroxylation is 1. The highest BCUT2D eigenvalue weighted by Crippen LogP contribution is 2.16. The molecule has 0 amide bonds. The molecule has 1 heterocycles. The van der Waals surface area contributed by atoms with Crippen LogP contribution in [0.4, 0.5) is 5.69 Å². The van der Waals surface area contributed by atoms with E-state index >= 15 is 0 Å². The first-order chi connectivity index (χ1) is 9.00. The van der Waals surface area contributed by atoms with Gasteiger partial charge in [0.2, 0.25) is 0 Å². The number of anilines is 1. The summed E-state index contributed by atoms with van der Waals surface area (Å²) < 4.78 is 2.05. The fourth-order valence-corrected chi connectivity index (χ4v) is 2.21. The normalized spacial score (nSPS) is 10.5. The maximum atomic E-state index is 12.4. The van der Waals surface area contributed by atoms with Gasteiger partial charge in [0.25, 0.3) is 0 Å². The van der Waals surface area contributed by atoms with Crippen LogP contribution in [0.1, 0.15) is 21.7 Å². The van der Waals surface area contributed by atoms with Crippen LogP contribution in [0.3, 0.4) is 0 Å². The number of carbonyl (C=O) groups excluding carboxylic acids is 1. The summed E-state index contributed by atoms with van der Waals surface area (Å²) in [6.45, 7) is 4.40. The summed E-state index contributed by atoms with van der Waals surface area (Å²) in [6.07, 6.45) is 0. The number of benzene rings is 1. The third-order valence-corrected chi connectivity index (χ3v) is 3.65. The Balaban J connectivity index is 2.15. The number of hydrogen-bond donors (Lipinski definition) is 0. The van der Waals surface area contributed by atoms with Crippen molar-refractivity contribution in [3.05, 3.63) is 53.3 Å². The van der Waals surface area contributed by atoms with Gasteiger partial charge in [-0.3, -0.25) is 4.79 Å². The summed E-state index contributed by atoms with van der Waals surface area (Å²) >= 11 is 0. The number of Topliss-reactive ketones (excluding diaryl/α,β-unsaturated/α-hetero) is 1. The Morgan fingerprint density at radius 2 is 1.84 bits per heavy atom. The van der Waals surface area contributed by atoms with Crippen LogP contribution >= 0.6 is 0 Å². The van der Waals surface area contributed by atoms with E-state index in [1.54, 1.807) is 0 Å². The van der Waals surface area contributed by atoms with Gasteiger partial charge in [-0.2, -0.15) is 0 Å². The third-order valence-electron chi connectivity index (χ3n) is 3.65. The SMILES string of the molecule is Cc1cc(C(=O)CN(C)c2ccccc2)c(C)n1C. The maximum absolute atomic E-state index is 12.4. The van der Waals surface area contributed by atoms with E-state index in [4.69, 9.17) is 0 Å². The number of ketones is 1. The molecule has 0 aliphatic rings. The largest absolute Gasteiger partial charge is 0.367 e. The van der Waals surface area contributed by atoms with Crippen molar-refractivity contribution in [2.45, 2.75) is 13.8 Å². The number of rotatable bonds is 4. The van der Waals surface area contributed by atoms with E-state index in [2.05, 4.69) is 4.57 Å². The molecule has 3 nitrogen and oxygen atoms in total. The number of carbonyl (C=O) groups is 1. The van der Waals surface area contributed by atoms with Crippen molar-refractivity contribution in [3.63, 3.8) is 0 Å². The van der Waals surface area contributed by atoms with E-state index < -0.39 is 0 Å². The molecule has 0 fully saturated rings. The Hall–Kier alpha value is -2.03. The van der Waals surface area contributed by atoms with Crippen LogP contribution in [0.25, 0.3) is 0 Å². The smallest absolute Gasteiger partial charge is 0.183 e. The number of aromatic nitrogens is 1. The summed E-state index contributed by atoms with van der Waals surface area (Å²) in [7, 11) is 3.93. The zero-order valence-electron chi connectivity index (χ0n) is 12.0. The molecule has 1 aromatic carbocycles. The van der Waals surface area contributed by atoms with Gasteiger partial charge in [-0.1, -0.05) is 18.2 Å². The maximum Gasteiger partial charge on any atom is 0.183 e. The van der Waals surface area contributed by atoms with Crippen molar-refractivity contribution >= 4 is 11.5 Å². The molecule has 100 valence electrons. The minimum atomic E-state index is 0.160. The van der Waals surface area contributed by atoms with E-state index in [9.17, 15) is 4.79 Å². The topological polar surface area (TPSA) is 25.2 Å². The van der Waals surface area contributed by atoms with Crippen molar-refractivity contribution in [2.75, 3.05) is 18.5 Å². The van der Waals surface area contributed by atoms with E-state index in [0.29, 0.717) is 6.54 Å². The fourth-order valence-electron chi connectivity index (χ4n) is 2.21. The Kier molecular flexibility index (Phi) is 3.74. The van der Waals surface area contributed by atoms with E-state index in [-0.39, 0.29) is 5.78 Å². The van der Waals surface area contributed by atoms with E-state index in [0.717, 1.165) is 22.6 Å². The van der Waals surface area contributed by atoms with Crippen molar-refractivity contribution in [3.8, 4) is 0 Å². The van der Waals surface area contributed by atoms with Gasteiger partial charge in [0.1, 0.15) is 0 Å². The summed E-state index contributed by atoms with van der Waals surface area (Å²) in [4.78, 5) is 14.3. The summed E-state index contributed by atoms with van der Waals surface area (Å²) in [5, 5.41) is 0. The summed E-state index contributed by atoms with van der Waals surface area (Å²) in [5.74, 6) is 0.160. The van der Waals surface area contributed by atoms with Crippen LogP contribution in [0, 0.1) is 13.8 Å². The minimum Gasteiger partial charge on any atom is -0.367 e. The quantitative estimate of drug-likeness (QED) is 0.786. The standard InChI is InChI=1S/C16H20N2O/c1-12-10-15(13(2)18(12)4)16(19)11-17(3)14-8-6-5-7-9-14/h5-10H,11H2,1-4H3. The van der Waals surface area contributed by atoms with E-state index in [1.165, 1.54) is 0 Å². The summed E-state index contributed by atoms with van der Waals surface area (Å²) in [6, 6.07) is 11.9. The molecule has 2 rings (SSSR count). The van der Waals surface area contributed by atoms with Gasteiger partial charge in [-0.05, 0) is 32.0 Å². The van der Waals surface area contributed by atoms with Crippen LogP contribution in [0.5, 0.6) is 0 Å². The molecule has 0 aliphatic heterocycles. The average molecular weight is 256 g/mol. The van der Waals surface area contributed by atoms with Crippen molar-refractivity contribution < 1.29 is 4.79 Å². The lowest BCUT2D eigenvalue weighted by Crippen LogP contribution is -2.25. The summed E-state index contributed by atoms with van der Waals surface area (Å²) in [5.41, 5.74) is 4.02. The number of hydrogen-bond acceptors (Lipinski definition) is 2. The van der Waals surface area contributed by atoms with Gasteiger partial charge in [-0.15, -0.1) is 0 Å². The molecule has 19 heavy (non-hydrogen) atoms. The van der Waals surface area contributed by atoms with Crippen molar-refractivity contribution in [1.82, 2.24) is 4.57 Å². The molecule has 0 unspecified atom stereocenters. The zero-order valence-corrected chi connectivity index (χ0v) is 12.0. The second-order valence-corrected chi connectivity index (χ2v) is 4.96. The van der Waals surface area contributed by atoms with Crippen LogP contribution in [0.2, 0.25) is 0 Å². The molecule has 1 aromatic heterocycles. The van der Waals surface area contributed by atoms with Gasteiger partial charge in [-0.25, -0.2) is 0 Å². The molecule has 0 saturated heterocycles. The molecular formula is C16H20N2O. The molecule has 0 spiro atoms. The minimum absolute atomic E-state index is 0.160. The number of para-hydroxylation sites is 1. The second kappa shape index (κ2) is 5.31. The van der Waals surface area contributed by atoms with Gasteiger partial charge < -0.3 is 9.47 Å².